The Balaban J connectivity index is 1.41. The predicted molar refractivity (Wildman–Crippen MR) is 137 cm³/mol. The third-order valence-corrected chi connectivity index (χ3v) is 7.47. The fourth-order valence-corrected chi connectivity index (χ4v) is 5.22. The molecule has 8 nitrogen and oxygen atoms in total. The highest BCUT2D eigenvalue weighted by Crippen LogP contribution is 2.41. The molecule has 0 spiro atoms. The SMILES string of the molecule is COc1ccc2ncc(CO)c(C(F)CCC3(C(=O)NO)CCN(CCOc4cc(F)cc(F)c4)CC3)c2c1. The molecule has 2 aromatic carbocycles. The maximum atomic E-state index is 15.8. The molecule has 0 aliphatic carbocycles. The molecule has 3 N–H and O–H groups in total. The van der Waals surface area contributed by atoms with Crippen LogP contribution in [0.4, 0.5) is 13.2 Å². The van der Waals surface area contributed by atoms with E-state index in [0.29, 0.717) is 60.3 Å². The van der Waals surface area contributed by atoms with Crippen LogP contribution in [0, 0.1) is 17.0 Å². The van der Waals surface area contributed by atoms with Crippen LogP contribution in [0.3, 0.4) is 0 Å². The van der Waals surface area contributed by atoms with Gasteiger partial charge in [-0.1, -0.05) is 0 Å². The second-order valence-electron chi connectivity index (χ2n) is 9.76. The smallest absolute Gasteiger partial charge is 0.249 e. The van der Waals surface area contributed by atoms with Crippen molar-refractivity contribution in [2.24, 2.45) is 5.41 Å². The Morgan fingerprint density at radius 1 is 1.15 bits per heavy atom. The number of aliphatic hydroxyl groups is 1. The Kier molecular flexibility index (Phi) is 9.26. The van der Waals surface area contributed by atoms with Crippen LogP contribution in [0.15, 0.2) is 42.6 Å². The first-order chi connectivity index (χ1) is 18.8. The molecule has 0 radical (unpaired) electrons. The van der Waals surface area contributed by atoms with Crippen molar-refractivity contribution in [3.05, 3.63) is 65.4 Å². The normalized spacial score (nSPS) is 16.2. The van der Waals surface area contributed by atoms with Crippen molar-refractivity contribution in [1.29, 1.82) is 0 Å². The van der Waals surface area contributed by atoms with Crippen LogP contribution in [0.25, 0.3) is 10.9 Å². The fourth-order valence-electron chi connectivity index (χ4n) is 5.22. The maximum absolute atomic E-state index is 15.8. The molecular weight excluding hydrogens is 515 g/mol. The lowest BCUT2D eigenvalue weighted by molar-refractivity contribution is -0.143. The van der Waals surface area contributed by atoms with Crippen LogP contribution in [0.2, 0.25) is 0 Å². The molecule has 1 aromatic heterocycles. The molecule has 1 aliphatic rings. The molecule has 39 heavy (non-hydrogen) atoms. The summed E-state index contributed by atoms with van der Waals surface area (Å²) in [5.41, 5.74) is 2.00. The Bertz CT molecular complexity index is 1280. The zero-order valence-corrected chi connectivity index (χ0v) is 21.6. The van der Waals surface area contributed by atoms with Crippen LogP contribution in [-0.4, -0.2) is 59.5 Å². The largest absolute Gasteiger partial charge is 0.497 e. The van der Waals surface area contributed by atoms with E-state index in [1.54, 1.807) is 23.7 Å². The number of aliphatic hydroxyl groups excluding tert-OH is 1. The number of piperidine rings is 1. The second kappa shape index (κ2) is 12.6. The maximum Gasteiger partial charge on any atom is 0.249 e. The van der Waals surface area contributed by atoms with Crippen molar-refractivity contribution in [1.82, 2.24) is 15.4 Å². The lowest BCUT2D eigenvalue weighted by atomic mass is 9.73. The van der Waals surface area contributed by atoms with E-state index < -0.39 is 35.7 Å². The summed E-state index contributed by atoms with van der Waals surface area (Å²) in [7, 11) is 1.51. The van der Waals surface area contributed by atoms with Gasteiger partial charge in [0.05, 0.1) is 24.6 Å². The van der Waals surface area contributed by atoms with Crippen LogP contribution in [0.1, 0.15) is 43.0 Å². The molecule has 1 amide bonds. The molecule has 210 valence electrons. The van der Waals surface area contributed by atoms with Crippen molar-refractivity contribution in [2.45, 2.75) is 38.5 Å². The number of carbonyl (C=O) groups excluding carboxylic acids is 1. The summed E-state index contributed by atoms with van der Waals surface area (Å²) in [6.07, 6.45) is 0.867. The van der Waals surface area contributed by atoms with Gasteiger partial charge in [0.15, 0.2) is 0 Å². The number of amides is 1. The highest BCUT2D eigenvalue weighted by atomic mass is 19.1. The number of ether oxygens (including phenoxy) is 2. The zero-order valence-electron chi connectivity index (χ0n) is 21.6. The zero-order chi connectivity index (χ0) is 28.0. The predicted octanol–water partition coefficient (Wildman–Crippen LogP) is 4.47. The lowest BCUT2D eigenvalue weighted by Crippen LogP contribution is -2.49. The van der Waals surface area contributed by atoms with Crippen LogP contribution in [0.5, 0.6) is 11.5 Å². The van der Waals surface area contributed by atoms with Crippen molar-refractivity contribution < 1.29 is 37.8 Å². The first-order valence-corrected chi connectivity index (χ1v) is 12.7. The van der Waals surface area contributed by atoms with E-state index in [0.717, 1.165) is 18.2 Å². The average Bonchev–Trinajstić information content (AvgIpc) is 2.94. The summed E-state index contributed by atoms with van der Waals surface area (Å²) >= 11 is 0. The van der Waals surface area contributed by atoms with E-state index in [1.807, 2.05) is 4.90 Å². The van der Waals surface area contributed by atoms with E-state index in [4.69, 9.17) is 9.47 Å². The molecule has 1 unspecified atom stereocenters. The molecule has 2 heterocycles. The molecule has 1 aliphatic heterocycles. The van der Waals surface area contributed by atoms with Crippen LogP contribution in [-0.2, 0) is 11.4 Å². The molecule has 1 saturated heterocycles. The van der Waals surface area contributed by atoms with Gasteiger partial charge in [0.1, 0.15) is 35.9 Å². The summed E-state index contributed by atoms with van der Waals surface area (Å²) in [6, 6.07) is 8.10. The van der Waals surface area contributed by atoms with Crippen molar-refractivity contribution in [2.75, 3.05) is 33.4 Å². The monoisotopic (exact) mass is 547 g/mol. The number of likely N-dealkylation sites (tertiary alicyclic amines) is 1. The van der Waals surface area contributed by atoms with Crippen molar-refractivity contribution >= 4 is 16.8 Å². The number of nitrogens with one attached hydrogen (secondary N) is 1. The number of pyridine rings is 1. The summed E-state index contributed by atoms with van der Waals surface area (Å²) in [5, 5.41) is 19.8. The third-order valence-electron chi connectivity index (χ3n) is 7.47. The summed E-state index contributed by atoms with van der Waals surface area (Å²) < 4.78 is 53.3. The highest BCUT2D eigenvalue weighted by molar-refractivity contribution is 5.85. The average molecular weight is 548 g/mol. The van der Waals surface area contributed by atoms with Gasteiger partial charge >= 0.3 is 0 Å². The molecule has 0 bridgehead atoms. The number of methoxy groups -OCH3 is 1. The van der Waals surface area contributed by atoms with Gasteiger partial charge in [0, 0.05) is 47.5 Å². The number of aromatic nitrogens is 1. The van der Waals surface area contributed by atoms with Gasteiger partial charge < -0.3 is 14.6 Å². The van der Waals surface area contributed by atoms with Crippen molar-refractivity contribution in [3.8, 4) is 11.5 Å². The molecular formula is C28H32F3N3O5. The Morgan fingerprint density at radius 2 is 1.87 bits per heavy atom. The third kappa shape index (κ3) is 6.60. The summed E-state index contributed by atoms with van der Waals surface area (Å²) in [5.74, 6) is -1.39. The Labute approximate surface area is 224 Å². The van der Waals surface area contributed by atoms with E-state index in [9.17, 15) is 23.9 Å². The van der Waals surface area contributed by atoms with Crippen LogP contribution >= 0.6 is 0 Å². The number of halogens is 3. The van der Waals surface area contributed by atoms with Gasteiger partial charge in [-0.15, -0.1) is 0 Å². The first kappa shape index (κ1) is 28.6. The highest BCUT2D eigenvalue weighted by Gasteiger charge is 2.41. The van der Waals surface area contributed by atoms with Gasteiger partial charge in [-0.3, -0.25) is 19.9 Å². The molecule has 11 heteroatoms. The minimum absolute atomic E-state index is 0.00894. The number of nitrogens with zero attached hydrogens (tertiary/aromatic N) is 2. The summed E-state index contributed by atoms with van der Waals surface area (Å²) in [6.45, 7) is 1.24. The lowest BCUT2D eigenvalue weighted by Gasteiger charge is -2.40. The van der Waals surface area contributed by atoms with E-state index in [2.05, 4.69) is 4.98 Å². The number of benzene rings is 2. The molecule has 3 aromatic rings. The molecule has 1 fully saturated rings. The standard InChI is InChI=1S/C28H32F3N3O5/c1-38-21-2-3-25-23(15-21)26(18(17-35)16-32-25)24(31)4-5-28(27(36)33-37)6-8-34(9-7-28)10-11-39-22-13-19(29)12-20(30)14-22/h2-3,12-16,24,35,37H,4-11,17H2,1H3,(H,33,36). The minimum atomic E-state index is -1.49. The van der Waals surface area contributed by atoms with E-state index >= 15 is 4.39 Å². The van der Waals surface area contributed by atoms with Gasteiger partial charge in [-0.25, -0.2) is 18.7 Å². The number of hydroxylamine groups is 1. The first-order valence-electron chi connectivity index (χ1n) is 12.7. The molecule has 4 rings (SSSR count). The second-order valence-corrected chi connectivity index (χ2v) is 9.76. The van der Waals surface area contributed by atoms with Gasteiger partial charge in [0.2, 0.25) is 5.91 Å². The number of hydrogen-bond donors (Lipinski definition) is 3. The van der Waals surface area contributed by atoms with E-state index in [1.165, 1.54) is 13.3 Å². The summed E-state index contributed by atoms with van der Waals surface area (Å²) in [4.78, 5) is 19.1. The fraction of sp³-hybridized carbons (Fsp3) is 0.429. The van der Waals surface area contributed by atoms with Gasteiger partial charge in [0.25, 0.3) is 0 Å². The van der Waals surface area contributed by atoms with Crippen molar-refractivity contribution in [3.63, 3.8) is 0 Å². The minimum Gasteiger partial charge on any atom is -0.497 e. The van der Waals surface area contributed by atoms with Gasteiger partial charge in [-0.05, 0) is 57.0 Å². The Hall–Kier alpha value is -3.41. The van der Waals surface area contributed by atoms with Crippen LogP contribution < -0.4 is 15.0 Å². The van der Waals surface area contributed by atoms with E-state index in [-0.39, 0.29) is 25.2 Å². The quantitative estimate of drug-likeness (QED) is 0.240. The topological polar surface area (TPSA) is 104 Å². The number of alkyl halides is 1. The number of hydrogen-bond acceptors (Lipinski definition) is 7. The number of fused-ring (bicyclic) bond motifs is 1. The molecule has 0 saturated carbocycles. The molecule has 1 atom stereocenters. The Morgan fingerprint density at radius 3 is 2.51 bits per heavy atom. The number of carbonyl (C=O) groups is 1. The van der Waals surface area contributed by atoms with Gasteiger partial charge in [-0.2, -0.15) is 0 Å². The number of rotatable bonds is 11.